The lowest BCUT2D eigenvalue weighted by atomic mass is 9.85. The van der Waals surface area contributed by atoms with Gasteiger partial charge in [0, 0.05) is 32.2 Å². The highest BCUT2D eigenvalue weighted by Gasteiger charge is 2.49. The van der Waals surface area contributed by atoms with Gasteiger partial charge in [0.25, 0.3) is 0 Å². The Hall–Kier alpha value is -3.33. The molecule has 97 heavy (non-hydrogen) atoms. The van der Waals surface area contributed by atoms with Gasteiger partial charge in [-0.05, 0) is 120 Å². The summed E-state index contributed by atoms with van der Waals surface area (Å²) >= 11 is 0. The van der Waals surface area contributed by atoms with Crippen LogP contribution in [0, 0.1) is 11.8 Å². The minimum atomic E-state index is -1.87. The van der Waals surface area contributed by atoms with Crippen molar-refractivity contribution in [3.8, 4) is 0 Å². The summed E-state index contributed by atoms with van der Waals surface area (Å²) < 4.78 is 11.6. The van der Waals surface area contributed by atoms with E-state index in [0.29, 0.717) is 45.1 Å². The molecule has 2 rings (SSSR count). The van der Waals surface area contributed by atoms with Gasteiger partial charge in [-0.25, -0.2) is 0 Å². The summed E-state index contributed by atoms with van der Waals surface area (Å²) in [4.78, 5) is 12.4. The molecular weight excluding hydrogens is 1260 g/mol. The first-order chi connectivity index (χ1) is 46.1. The Morgan fingerprint density at radius 3 is 1.78 bits per heavy atom. The molecule has 0 aromatic carbocycles. The van der Waals surface area contributed by atoms with Crippen molar-refractivity contribution in [1.82, 2.24) is 0 Å². The molecular formula is C73H127NO23. The SMILES string of the molecule is C=C/C=C/CCCCCCCCCC/C=C/[C@@H](O)[C@@H](O)[C@H]1O[C@H]([C@H](O)[C@H](O)C(=C)CC[C@@H](O)[C@H]2O[C@H](C[C@@H](O)[C@H](O)[C@H](C)CCC[C@@H](O)[C@H](O)[C@H](O)[C@@H](C)CC(O)/C=C/CC(O)CCCC(O)CC(=O)CC(O)CC/C=C/CC(O)/C=C/C=C/CN)[C@@H](O)[C@@H](O)[C@@H]2O)C[C@H](O)[C@@H]1O. The molecule has 24 heteroatoms. The maximum absolute atomic E-state index is 12.4. The maximum Gasteiger partial charge on any atom is 0.138 e. The predicted molar refractivity (Wildman–Crippen MR) is 369 cm³/mol. The van der Waals surface area contributed by atoms with Crippen LogP contribution >= 0.6 is 0 Å². The molecule has 0 aromatic heterocycles. The lowest BCUT2D eigenvalue weighted by molar-refractivity contribution is -0.250. The molecule has 0 radical (unpaired) electrons. The number of aliphatic hydroxyl groups excluding tert-OH is 20. The van der Waals surface area contributed by atoms with E-state index in [-0.39, 0.29) is 82.0 Å². The zero-order chi connectivity index (χ0) is 72.6. The first kappa shape index (κ1) is 89.8. The van der Waals surface area contributed by atoms with Crippen molar-refractivity contribution in [1.29, 1.82) is 0 Å². The van der Waals surface area contributed by atoms with Gasteiger partial charge in [-0.15, -0.1) is 0 Å². The largest absolute Gasteiger partial charge is 0.393 e. The number of rotatable bonds is 54. The van der Waals surface area contributed by atoms with Crippen LogP contribution in [0.25, 0.3) is 0 Å². The van der Waals surface area contributed by atoms with Crippen LogP contribution in [-0.4, -0.2) is 261 Å². The molecule has 2 heterocycles. The fourth-order valence-corrected chi connectivity index (χ4v) is 12.2. The van der Waals surface area contributed by atoms with Gasteiger partial charge in [0.1, 0.15) is 72.9 Å². The van der Waals surface area contributed by atoms with E-state index in [1.807, 2.05) is 12.2 Å². The Morgan fingerprint density at radius 1 is 0.515 bits per heavy atom. The third kappa shape index (κ3) is 35.9. The fraction of sp³-hybridized carbons (Fsp3) is 0.767. The number of hydrogen-bond acceptors (Lipinski definition) is 24. The molecule has 0 amide bonds. The quantitative estimate of drug-likeness (QED) is 0.0236. The van der Waals surface area contributed by atoms with Crippen LogP contribution in [0.1, 0.15) is 187 Å². The highest BCUT2D eigenvalue weighted by Crippen LogP contribution is 2.33. The van der Waals surface area contributed by atoms with E-state index in [0.717, 1.165) is 38.5 Å². The Kier molecular flexibility index (Phi) is 47.1. The number of nitrogens with two attached hydrogens (primary N) is 1. The zero-order valence-corrected chi connectivity index (χ0v) is 57.5. The topological polar surface area (TPSA) is 466 Å². The van der Waals surface area contributed by atoms with E-state index in [9.17, 15) is 107 Å². The van der Waals surface area contributed by atoms with E-state index >= 15 is 0 Å². The van der Waals surface area contributed by atoms with Gasteiger partial charge in [0.2, 0.25) is 0 Å². The van der Waals surface area contributed by atoms with Gasteiger partial charge in [-0.1, -0.05) is 151 Å². The Labute approximate surface area is 575 Å². The van der Waals surface area contributed by atoms with Gasteiger partial charge < -0.3 is 117 Å². The zero-order valence-electron chi connectivity index (χ0n) is 57.5. The molecule has 24 nitrogen and oxygen atoms in total. The smallest absolute Gasteiger partial charge is 0.138 e. The molecule has 0 aliphatic carbocycles. The van der Waals surface area contributed by atoms with Gasteiger partial charge in [0.15, 0.2) is 0 Å². The minimum absolute atomic E-state index is 0.00343. The standard InChI is InChI=1S/C73H127NO23/c1-5-6-7-8-9-10-11-12-13-14-15-16-17-23-36-56(82)66(90)73-67(91)59(85)45-60(97-73)68(92)63(87)47(3)38-39-57(83)72-71(95)70(94)69(93)61(96-72)44-58(84)62(86)46(2)28-25-37-55(81)65(89)64(88)48(4)41-51(77)34-26-32-50(76)33-27-35-53(79)43-54(80)42-52(78)31-21-18-20-29-49(75)30-22-19-24-40-74/h5-7,18-20,22-24,26,30,34,36,46,48-53,55-73,75-79,81-95H,1,3,8-17,21,25,27-29,31-33,35,37-45,74H2,2,4H3/b7-6+,20-18+,24-19+,30-22+,34-26+,36-23+/t46-,48+,49?,50?,51?,52?,53?,55-,56-,57-,58-,59+,60+,61-,62-,63-,64-,65+,66-,67+,68+,69-,70-,71+,72-,73-/m1/s1. The number of ketones is 1. The molecule has 2 fully saturated rings. The molecule has 26 atom stereocenters. The van der Waals surface area contributed by atoms with Crippen LogP contribution in [0.3, 0.4) is 0 Å². The number of allylic oxidation sites excluding steroid dienone is 7. The highest BCUT2D eigenvalue weighted by atomic mass is 16.6. The summed E-state index contributed by atoms with van der Waals surface area (Å²) in [5, 5.41) is 216. The van der Waals surface area contributed by atoms with Crippen molar-refractivity contribution in [2.24, 2.45) is 17.6 Å². The second kappa shape index (κ2) is 50.9. The van der Waals surface area contributed by atoms with Crippen molar-refractivity contribution in [2.75, 3.05) is 6.54 Å². The highest BCUT2D eigenvalue weighted by molar-refractivity contribution is 5.79. The molecule has 0 aromatic rings. The van der Waals surface area contributed by atoms with E-state index in [1.165, 1.54) is 31.4 Å². The van der Waals surface area contributed by atoms with Crippen molar-refractivity contribution in [3.05, 3.63) is 97.7 Å². The Bertz CT molecular complexity index is 2270. The van der Waals surface area contributed by atoms with E-state index in [4.69, 9.17) is 15.2 Å². The monoisotopic (exact) mass is 1390 g/mol. The maximum atomic E-state index is 12.4. The summed E-state index contributed by atoms with van der Waals surface area (Å²) in [5.74, 6) is -1.62. The molecule has 22 N–H and O–H groups in total. The molecule has 562 valence electrons. The summed E-state index contributed by atoms with van der Waals surface area (Å²) in [6, 6.07) is 0. The first-order valence-electron chi connectivity index (χ1n) is 35.5. The van der Waals surface area contributed by atoms with E-state index < -0.39 is 165 Å². The Morgan fingerprint density at radius 2 is 1.13 bits per heavy atom. The van der Waals surface area contributed by atoms with Crippen molar-refractivity contribution in [2.45, 2.75) is 334 Å². The van der Waals surface area contributed by atoms with Crippen LogP contribution in [0.2, 0.25) is 0 Å². The normalized spacial score (nSPS) is 26.8. The molecule has 2 aliphatic rings. The lowest BCUT2D eigenvalue weighted by Gasteiger charge is -2.43. The van der Waals surface area contributed by atoms with Gasteiger partial charge in [0.05, 0.1) is 79.4 Å². The Balaban J connectivity index is 1.75. The fourth-order valence-electron chi connectivity index (χ4n) is 12.2. The van der Waals surface area contributed by atoms with E-state index in [1.54, 1.807) is 62.5 Å². The average molecular weight is 1390 g/mol. The van der Waals surface area contributed by atoms with Crippen LogP contribution in [0.5, 0.6) is 0 Å². The van der Waals surface area contributed by atoms with Crippen molar-refractivity contribution in [3.63, 3.8) is 0 Å². The summed E-state index contributed by atoms with van der Waals surface area (Å²) in [6.45, 7) is 11.1. The van der Waals surface area contributed by atoms with Crippen LogP contribution in [0.15, 0.2) is 97.7 Å². The summed E-state index contributed by atoms with van der Waals surface area (Å²) in [7, 11) is 0. The molecule has 0 spiro atoms. The predicted octanol–water partition coefficient (Wildman–Crippen LogP) is 2.15. The van der Waals surface area contributed by atoms with E-state index in [2.05, 4.69) is 19.2 Å². The number of Topliss-reactive ketones (excluding diaryl/α,β-unsaturated/α-hetero) is 1. The minimum Gasteiger partial charge on any atom is -0.393 e. The second-order valence-electron chi connectivity index (χ2n) is 27.2. The number of ether oxygens (including phenoxy) is 2. The summed E-state index contributed by atoms with van der Waals surface area (Å²) in [5.41, 5.74) is 5.33. The number of hydrogen-bond donors (Lipinski definition) is 21. The first-order valence-corrected chi connectivity index (χ1v) is 35.5. The third-order valence-corrected chi connectivity index (χ3v) is 18.6. The number of unbranched alkanes of at least 4 members (excludes halogenated alkanes) is 9. The van der Waals surface area contributed by atoms with Crippen LogP contribution in [-0.2, 0) is 14.3 Å². The molecule has 2 aliphatic heterocycles. The third-order valence-electron chi connectivity index (χ3n) is 18.6. The van der Waals surface area contributed by atoms with Gasteiger partial charge in [-0.3, -0.25) is 4.79 Å². The van der Waals surface area contributed by atoms with Crippen molar-refractivity contribution < 1.29 is 116 Å². The van der Waals surface area contributed by atoms with Crippen LogP contribution < -0.4 is 5.73 Å². The number of aliphatic hydroxyl groups is 20. The molecule has 0 saturated carbocycles. The number of carbonyl (C=O) groups is 1. The average Bonchev–Trinajstić information content (AvgIpc) is 0.814. The lowest BCUT2D eigenvalue weighted by Crippen LogP contribution is -2.61. The molecule has 0 bridgehead atoms. The second-order valence-corrected chi connectivity index (χ2v) is 27.2. The van der Waals surface area contributed by atoms with Crippen LogP contribution in [0.4, 0.5) is 0 Å². The molecule has 2 saturated heterocycles. The number of carbonyl (C=O) groups excluding carboxylic acids is 1. The van der Waals surface area contributed by atoms with Gasteiger partial charge in [-0.2, -0.15) is 0 Å². The molecule has 5 unspecified atom stereocenters. The van der Waals surface area contributed by atoms with Gasteiger partial charge >= 0.3 is 0 Å². The summed E-state index contributed by atoms with van der Waals surface area (Å²) in [6.07, 6.45) is -0.533. The van der Waals surface area contributed by atoms with Crippen molar-refractivity contribution >= 4 is 5.78 Å².